The van der Waals surface area contributed by atoms with Crippen molar-refractivity contribution >= 4 is 22.6 Å². The molecule has 0 aliphatic carbocycles. The molecule has 0 radical (unpaired) electrons. The number of nitrogen functional groups attached to an aromatic ring is 1. The number of halogens is 1. The maximum Gasteiger partial charge on any atom is 0.274 e. The van der Waals surface area contributed by atoms with Crippen LogP contribution in [0.2, 0.25) is 0 Å². The molecule has 2 aromatic heterocycles. The van der Waals surface area contributed by atoms with Crippen molar-refractivity contribution in [2.45, 2.75) is 13.0 Å². The van der Waals surface area contributed by atoms with Gasteiger partial charge in [0.05, 0.1) is 22.6 Å². The second-order valence-corrected chi connectivity index (χ2v) is 6.92. The van der Waals surface area contributed by atoms with Gasteiger partial charge in [-0.25, -0.2) is 19.3 Å². The molecule has 0 aliphatic heterocycles. The van der Waals surface area contributed by atoms with Gasteiger partial charge in [-0.05, 0) is 43.3 Å². The van der Waals surface area contributed by atoms with Crippen molar-refractivity contribution in [3.8, 4) is 18.0 Å². The predicted molar refractivity (Wildman–Crippen MR) is 118 cm³/mol. The molecule has 0 spiro atoms. The van der Waals surface area contributed by atoms with Gasteiger partial charge in [-0.15, -0.1) is 6.42 Å². The van der Waals surface area contributed by atoms with Crippen molar-refractivity contribution in [2.24, 2.45) is 0 Å². The van der Waals surface area contributed by atoms with E-state index in [4.69, 9.17) is 12.2 Å². The van der Waals surface area contributed by atoms with Crippen LogP contribution in [0.25, 0.3) is 16.6 Å². The number of hydrogen-bond donors (Lipinski definition) is 2. The van der Waals surface area contributed by atoms with E-state index in [-0.39, 0.29) is 22.7 Å². The number of carbonyl (C=O) groups is 1. The lowest BCUT2D eigenvalue weighted by Crippen LogP contribution is -2.34. The first-order chi connectivity index (χ1) is 15.4. The average molecular weight is 428 g/mol. The Balaban J connectivity index is 1.89. The number of aromatic nitrogens is 4. The molecular weight excluding hydrogens is 411 g/mol. The van der Waals surface area contributed by atoms with Crippen molar-refractivity contribution in [3.63, 3.8) is 0 Å². The lowest BCUT2D eigenvalue weighted by molar-refractivity contribution is 0.0933. The van der Waals surface area contributed by atoms with Crippen LogP contribution in [0.3, 0.4) is 0 Å². The normalized spacial score (nSPS) is 11.7. The van der Waals surface area contributed by atoms with Crippen LogP contribution in [0.4, 0.5) is 10.2 Å². The number of nitrogens with zero attached hydrogens (tertiary/aromatic N) is 4. The summed E-state index contributed by atoms with van der Waals surface area (Å²) in [4.78, 5) is 38.6. The van der Waals surface area contributed by atoms with Crippen LogP contribution < -0.4 is 16.6 Å². The van der Waals surface area contributed by atoms with Gasteiger partial charge in [0.1, 0.15) is 11.6 Å². The number of benzene rings is 2. The zero-order chi connectivity index (χ0) is 22.8. The molecule has 0 saturated carbocycles. The molecule has 0 bridgehead atoms. The van der Waals surface area contributed by atoms with Gasteiger partial charge in [-0.1, -0.05) is 12.0 Å². The number of hydrogen-bond acceptors (Lipinski definition) is 6. The van der Waals surface area contributed by atoms with Gasteiger partial charge >= 0.3 is 0 Å². The molecule has 1 amide bonds. The minimum atomic E-state index is -0.749. The zero-order valence-electron chi connectivity index (χ0n) is 16.9. The number of terminal acetylenes is 1. The maximum absolute atomic E-state index is 13.5. The van der Waals surface area contributed by atoms with Crippen LogP contribution in [0.5, 0.6) is 0 Å². The van der Waals surface area contributed by atoms with E-state index < -0.39 is 23.3 Å². The molecule has 4 aromatic rings. The molecule has 0 saturated heterocycles. The fourth-order valence-corrected chi connectivity index (χ4v) is 3.35. The molecule has 3 N–H and O–H groups in total. The lowest BCUT2D eigenvalue weighted by Gasteiger charge is -2.20. The molecule has 32 heavy (non-hydrogen) atoms. The topological polar surface area (TPSA) is 116 Å². The Morgan fingerprint density at radius 2 is 1.91 bits per heavy atom. The van der Waals surface area contributed by atoms with Crippen molar-refractivity contribution in [1.82, 2.24) is 24.8 Å². The third-order valence-corrected chi connectivity index (χ3v) is 4.84. The molecule has 0 unspecified atom stereocenters. The minimum Gasteiger partial charge on any atom is -0.382 e. The first-order valence-electron chi connectivity index (χ1n) is 9.56. The molecule has 158 valence electrons. The quantitative estimate of drug-likeness (QED) is 0.482. The van der Waals surface area contributed by atoms with E-state index >= 15 is 0 Å². The maximum atomic E-state index is 13.5. The molecule has 0 fully saturated rings. The number of rotatable bonds is 4. The van der Waals surface area contributed by atoms with E-state index in [2.05, 4.69) is 26.2 Å². The Bertz CT molecular complexity index is 1440. The van der Waals surface area contributed by atoms with Gasteiger partial charge in [0.2, 0.25) is 0 Å². The smallest absolute Gasteiger partial charge is 0.274 e. The number of nitrogens with two attached hydrogens (primary N) is 1. The summed E-state index contributed by atoms with van der Waals surface area (Å²) in [7, 11) is 0. The molecule has 0 aliphatic rings. The summed E-state index contributed by atoms with van der Waals surface area (Å²) < 4.78 is 14.8. The van der Waals surface area contributed by atoms with E-state index in [1.807, 2.05) is 0 Å². The minimum absolute atomic E-state index is 0.0294. The molecule has 1 atom stereocenters. The number of amides is 1. The second-order valence-electron chi connectivity index (χ2n) is 6.92. The van der Waals surface area contributed by atoms with Crippen molar-refractivity contribution in [1.29, 1.82) is 0 Å². The van der Waals surface area contributed by atoms with E-state index in [0.29, 0.717) is 16.8 Å². The highest BCUT2D eigenvalue weighted by Gasteiger charge is 2.22. The Morgan fingerprint density at radius 3 is 2.59 bits per heavy atom. The zero-order valence-corrected chi connectivity index (χ0v) is 16.9. The molecule has 4 rings (SSSR count). The highest BCUT2D eigenvalue weighted by atomic mass is 19.1. The Labute approximate surface area is 182 Å². The Morgan fingerprint density at radius 1 is 1.19 bits per heavy atom. The van der Waals surface area contributed by atoms with Gasteiger partial charge in [0, 0.05) is 18.0 Å². The second kappa shape index (κ2) is 8.28. The van der Waals surface area contributed by atoms with Crippen LogP contribution in [-0.2, 0) is 0 Å². The highest BCUT2D eigenvalue weighted by Crippen LogP contribution is 2.21. The van der Waals surface area contributed by atoms with Crippen LogP contribution >= 0.6 is 0 Å². The Hall–Kier alpha value is -4.58. The number of nitrogens with one attached hydrogen (secondary N) is 1. The number of fused-ring (bicyclic) bond motifs is 1. The molecule has 9 heteroatoms. The highest BCUT2D eigenvalue weighted by molar-refractivity contribution is 5.96. The standard InChI is InChI=1S/C23H17FN6O2/c1-3-14-5-4-6-17-18(14)23(32)30(16-9-7-15(24)8-10-16)21(29-17)13(2)28-22(31)19-20(25)27-12-11-26-19/h1,4-13H,2H3,(H2,25,27)(H,28,31)/t13-/m1/s1. The molecule has 2 aromatic carbocycles. The van der Waals surface area contributed by atoms with Gasteiger partial charge in [-0.3, -0.25) is 14.2 Å². The molecule has 8 nitrogen and oxygen atoms in total. The van der Waals surface area contributed by atoms with Crippen LogP contribution in [0.1, 0.15) is 34.8 Å². The molecule has 2 heterocycles. The first kappa shape index (κ1) is 20.7. The van der Waals surface area contributed by atoms with Gasteiger partial charge in [-0.2, -0.15) is 0 Å². The fraction of sp³-hybridized carbons (Fsp3) is 0.0870. The van der Waals surface area contributed by atoms with Crippen LogP contribution in [0.15, 0.2) is 59.7 Å². The van der Waals surface area contributed by atoms with Crippen LogP contribution in [0, 0.1) is 18.2 Å². The lowest BCUT2D eigenvalue weighted by atomic mass is 10.1. The average Bonchev–Trinajstić information content (AvgIpc) is 2.79. The summed E-state index contributed by atoms with van der Waals surface area (Å²) in [5.41, 5.74) is 6.38. The number of carbonyl (C=O) groups excluding carboxylic acids is 1. The molecular formula is C23H17FN6O2. The van der Waals surface area contributed by atoms with Crippen LogP contribution in [-0.4, -0.2) is 25.4 Å². The monoisotopic (exact) mass is 428 g/mol. The van der Waals surface area contributed by atoms with Gasteiger partial charge in [0.15, 0.2) is 11.5 Å². The SMILES string of the molecule is C#Cc1cccc2nc([C@@H](C)NC(=O)c3nccnc3N)n(-c3ccc(F)cc3)c(=O)c12. The van der Waals surface area contributed by atoms with E-state index in [9.17, 15) is 14.0 Å². The van der Waals surface area contributed by atoms with Gasteiger partial charge in [0.25, 0.3) is 11.5 Å². The summed E-state index contributed by atoms with van der Waals surface area (Å²) in [5, 5.41) is 2.99. The third kappa shape index (κ3) is 3.65. The van der Waals surface area contributed by atoms with E-state index in [1.165, 1.54) is 41.2 Å². The summed E-state index contributed by atoms with van der Waals surface area (Å²) in [6.45, 7) is 1.66. The number of anilines is 1. The van der Waals surface area contributed by atoms with Gasteiger partial charge < -0.3 is 11.1 Å². The first-order valence-corrected chi connectivity index (χ1v) is 9.56. The van der Waals surface area contributed by atoms with Crippen molar-refractivity contribution < 1.29 is 9.18 Å². The Kier molecular flexibility index (Phi) is 5.35. The van der Waals surface area contributed by atoms with E-state index in [1.54, 1.807) is 25.1 Å². The largest absolute Gasteiger partial charge is 0.382 e. The predicted octanol–water partition coefficient (Wildman–Crippen LogP) is 2.37. The fourth-order valence-electron chi connectivity index (χ4n) is 3.35. The van der Waals surface area contributed by atoms with Crippen molar-refractivity contribution in [2.75, 3.05) is 5.73 Å². The summed E-state index contributed by atoms with van der Waals surface area (Å²) in [5.74, 6) is 1.65. The summed E-state index contributed by atoms with van der Waals surface area (Å²) in [6.07, 6.45) is 8.30. The third-order valence-electron chi connectivity index (χ3n) is 4.84. The summed E-state index contributed by atoms with van der Waals surface area (Å²) in [6, 6.07) is 9.59. The van der Waals surface area contributed by atoms with E-state index in [0.717, 1.165) is 0 Å². The summed E-state index contributed by atoms with van der Waals surface area (Å²) >= 11 is 0. The van der Waals surface area contributed by atoms with Crippen molar-refractivity contribution in [3.05, 3.63) is 88.1 Å².